The monoisotopic (exact) mass is 520 g/mol. The van der Waals surface area contributed by atoms with Gasteiger partial charge in [0.15, 0.2) is 0 Å². The molecule has 0 saturated carbocycles. The molecule has 2 N–H and O–H groups in total. The third-order valence-electron chi connectivity index (χ3n) is 6.94. The number of amides is 1. The van der Waals surface area contributed by atoms with Crippen LogP contribution in [0.2, 0.25) is 0 Å². The van der Waals surface area contributed by atoms with Crippen LogP contribution in [0.4, 0.5) is 4.79 Å². The Hall–Kier alpha value is -3.30. The van der Waals surface area contributed by atoms with Crippen molar-refractivity contribution in [1.29, 1.82) is 0 Å². The second-order valence-electron chi connectivity index (χ2n) is 11.7. The third-order valence-corrected chi connectivity index (χ3v) is 6.94. The summed E-state index contributed by atoms with van der Waals surface area (Å²) in [5.41, 5.74) is 1.91. The predicted molar refractivity (Wildman–Crippen MR) is 147 cm³/mol. The molecular formula is C29H37BN2O6. The van der Waals surface area contributed by atoms with Crippen LogP contribution in [0.15, 0.2) is 54.7 Å². The second-order valence-corrected chi connectivity index (χ2v) is 11.7. The van der Waals surface area contributed by atoms with Crippen LogP contribution in [0.1, 0.15) is 59.6 Å². The molecule has 0 radical (unpaired) electrons. The quantitative estimate of drug-likeness (QED) is 0.348. The van der Waals surface area contributed by atoms with E-state index in [1.165, 1.54) is 0 Å². The van der Waals surface area contributed by atoms with Crippen molar-refractivity contribution in [3.05, 3.63) is 65.9 Å². The number of aromatic nitrogens is 1. The molecule has 1 saturated heterocycles. The molecule has 9 heteroatoms. The first-order chi connectivity index (χ1) is 17.7. The Morgan fingerprint density at radius 2 is 1.68 bits per heavy atom. The van der Waals surface area contributed by atoms with Gasteiger partial charge in [-0.2, -0.15) is 0 Å². The van der Waals surface area contributed by atoms with Gasteiger partial charge in [-0.1, -0.05) is 42.5 Å². The van der Waals surface area contributed by atoms with E-state index in [-0.39, 0.29) is 13.0 Å². The summed E-state index contributed by atoms with van der Waals surface area (Å²) < 4.78 is 23.3. The highest BCUT2D eigenvalue weighted by Gasteiger charge is 2.51. The van der Waals surface area contributed by atoms with Gasteiger partial charge in [0.2, 0.25) is 0 Å². The number of carbonyl (C=O) groups excluding carboxylic acids is 2. The van der Waals surface area contributed by atoms with Crippen LogP contribution in [-0.2, 0) is 36.6 Å². The van der Waals surface area contributed by atoms with Crippen LogP contribution >= 0.6 is 0 Å². The number of rotatable bonds is 7. The lowest BCUT2D eigenvalue weighted by Gasteiger charge is -2.32. The van der Waals surface area contributed by atoms with Crippen LogP contribution in [0, 0.1) is 0 Å². The van der Waals surface area contributed by atoms with Crippen molar-refractivity contribution >= 4 is 35.5 Å². The summed E-state index contributed by atoms with van der Waals surface area (Å²) in [6, 6.07) is 14.4. The van der Waals surface area contributed by atoms with Crippen LogP contribution in [0.25, 0.3) is 10.9 Å². The fourth-order valence-electron chi connectivity index (χ4n) is 4.19. The number of fused-ring (bicyclic) bond motifs is 1. The van der Waals surface area contributed by atoms with Crippen LogP contribution in [0.5, 0.6) is 0 Å². The van der Waals surface area contributed by atoms with Gasteiger partial charge in [0.05, 0.1) is 11.2 Å². The van der Waals surface area contributed by atoms with E-state index in [1.807, 2.05) is 82.4 Å². The van der Waals surface area contributed by atoms with Crippen LogP contribution < -0.4 is 10.8 Å². The zero-order valence-corrected chi connectivity index (χ0v) is 23.2. The SMILES string of the molecule is CC(C)(C)OC(=O)[C@@H](Cc1c[nH]c2cc(B3OC(C)(C)C(C)(C)O3)ccc12)NC(=O)OCc1ccccc1. The van der Waals surface area contributed by atoms with Crippen LogP contribution in [-0.4, -0.2) is 47.0 Å². The molecule has 3 aromatic rings. The summed E-state index contributed by atoms with van der Waals surface area (Å²) in [5, 5.41) is 3.63. The lowest BCUT2D eigenvalue weighted by molar-refractivity contribution is -0.157. The molecule has 2 heterocycles. The molecule has 38 heavy (non-hydrogen) atoms. The Morgan fingerprint density at radius 1 is 1.03 bits per heavy atom. The molecule has 1 fully saturated rings. The van der Waals surface area contributed by atoms with Crippen molar-refractivity contribution in [2.45, 2.75) is 84.3 Å². The molecule has 1 amide bonds. The molecule has 0 unspecified atom stereocenters. The highest BCUT2D eigenvalue weighted by Crippen LogP contribution is 2.36. The molecule has 2 aromatic carbocycles. The van der Waals surface area contributed by atoms with E-state index in [2.05, 4.69) is 10.3 Å². The molecule has 8 nitrogen and oxygen atoms in total. The van der Waals surface area contributed by atoms with Gasteiger partial charge in [0.25, 0.3) is 0 Å². The number of nitrogens with one attached hydrogen (secondary N) is 2. The number of aromatic amines is 1. The lowest BCUT2D eigenvalue weighted by atomic mass is 9.78. The lowest BCUT2D eigenvalue weighted by Crippen LogP contribution is -2.45. The largest absolute Gasteiger partial charge is 0.494 e. The first-order valence-electron chi connectivity index (χ1n) is 12.9. The minimum Gasteiger partial charge on any atom is -0.458 e. The third kappa shape index (κ3) is 6.39. The summed E-state index contributed by atoms with van der Waals surface area (Å²) in [6.07, 6.45) is 1.38. The summed E-state index contributed by atoms with van der Waals surface area (Å²) >= 11 is 0. The van der Waals surface area contributed by atoms with Crippen molar-refractivity contribution in [2.75, 3.05) is 0 Å². The van der Waals surface area contributed by atoms with Crippen molar-refractivity contribution in [3.8, 4) is 0 Å². The maximum absolute atomic E-state index is 13.0. The van der Waals surface area contributed by atoms with Gasteiger partial charge >= 0.3 is 19.2 Å². The molecule has 0 spiro atoms. The smallest absolute Gasteiger partial charge is 0.458 e. The standard InChI is InChI=1S/C29H37BN2O6/c1-27(2,3)36-25(33)24(32-26(34)35-18-19-11-9-8-10-12-19)15-20-17-31-23-16-21(13-14-22(20)23)30-37-28(4,5)29(6,7)38-30/h8-14,16-17,24,31H,15,18H2,1-7H3,(H,32,34)/t24-/m1/s1. The van der Waals surface area contributed by atoms with Gasteiger partial charge in [0.1, 0.15) is 18.2 Å². The van der Waals surface area contributed by atoms with Gasteiger partial charge in [-0.25, -0.2) is 9.59 Å². The highest BCUT2D eigenvalue weighted by atomic mass is 16.7. The number of esters is 1. The Labute approximate surface area is 224 Å². The molecule has 202 valence electrons. The number of benzene rings is 2. The summed E-state index contributed by atoms with van der Waals surface area (Å²) in [4.78, 5) is 28.9. The Bertz CT molecular complexity index is 1280. The van der Waals surface area contributed by atoms with Crippen molar-refractivity contribution in [1.82, 2.24) is 10.3 Å². The number of hydrogen-bond donors (Lipinski definition) is 2. The van der Waals surface area contributed by atoms with Gasteiger partial charge in [-0.3, -0.25) is 0 Å². The minimum atomic E-state index is -0.931. The van der Waals surface area contributed by atoms with Gasteiger partial charge in [0, 0.05) is 23.5 Å². The fraction of sp³-hybridized carbons (Fsp3) is 0.448. The molecule has 4 rings (SSSR count). The van der Waals surface area contributed by atoms with E-state index >= 15 is 0 Å². The van der Waals surface area contributed by atoms with Crippen molar-refractivity contribution in [3.63, 3.8) is 0 Å². The number of alkyl carbamates (subject to hydrolysis) is 1. The van der Waals surface area contributed by atoms with E-state index in [0.29, 0.717) is 0 Å². The van der Waals surface area contributed by atoms with Gasteiger partial charge in [-0.05, 0) is 71.1 Å². The minimum absolute atomic E-state index is 0.0997. The number of H-pyrrole nitrogens is 1. The molecule has 1 aromatic heterocycles. The van der Waals surface area contributed by atoms with Crippen molar-refractivity contribution < 1.29 is 28.4 Å². The molecule has 1 atom stereocenters. The van der Waals surface area contributed by atoms with Crippen LogP contribution in [0.3, 0.4) is 0 Å². The molecule has 1 aliphatic rings. The fourth-order valence-corrected chi connectivity index (χ4v) is 4.19. The maximum Gasteiger partial charge on any atom is 0.494 e. The normalized spacial score (nSPS) is 17.3. The summed E-state index contributed by atoms with van der Waals surface area (Å²) in [7, 11) is -0.480. The average molecular weight is 520 g/mol. The van der Waals surface area contributed by atoms with E-state index in [4.69, 9.17) is 18.8 Å². The summed E-state index contributed by atoms with van der Waals surface area (Å²) in [6.45, 7) is 13.6. The second kappa shape index (κ2) is 10.5. The Kier molecular flexibility index (Phi) is 7.63. The average Bonchev–Trinajstić information content (AvgIpc) is 3.32. The van der Waals surface area contributed by atoms with E-state index < -0.39 is 42.0 Å². The first kappa shape index (κ1) is 27.7. The van der Waals surface area contributed by atoms with E-state index in [1.54, 1.807) is 20.8 Å². The highest BCUT2D eigenvalue weighted by molar-refractivity contribution is 6.62. The zero-order valence-electron chi connectivity index (χ0n) is 23.2. The Morgan fingerprint density at radius 3 is 2.32 bits per heavy atom. The van der Waals surface area contributed by atoms with E-state index in [9.17, 15) is 9.59 Å². The topological polar surface area (TPSA) is 98.9 Å². The summed E-state index contributed by atoms with van der Waals surface area (Å²) in [5.74, 6) is -0.530. The first-order valence-corrected chi connectivity index (χ1v) is 12.9. The molecule has 0 aliphatic carbocycles. The van der Waals surface area contributed by atoms with E-state index in [0.717, 1.165) is 27.5 Å². The zero-order chi connectivity index (χ0) is 27.7. The molecule has 1 aliphatic heterocycles. The van der Waals surface area contributed by atoms with Gasteiger partial charge in [-0.15, -0.1) is 0 Å². The number of carbonyl (C=O) groups is 2. The predicted octanol–water partition coefficient (Wildman–Crippen LogP) is 4.65. The maximum atomic E-state index is 13.0. The molecular weight excluding hydrogens is 483 g/mol. The Balaban J connectivity index is 1.50. The number of ether oxygens (including phenoxy) is 2. The molecule has 0 bridgehead atoms. The number of hydrogen-bond acceptors (Lipinski definition) is 6. The van der Waals surface area contributed by atoms with Gasteiger partial charge < -0.3 is 29.1 Å². The van der Waals surface area contributed by atoms with Crippen molar-refractivity contribution in [2.24, 2.45) is 0 Å².